The molecule has 8 heteroatoms. The minimum atomic E-state index is -3.75. The molecule has 4 aromatic rings. The normalized spacial score (nSPS) is 11.1. The van der Waals surface area contributed by atoms with Gasteiger partial charge in [-0.2, -0.15) is 0 Å². The molecule has 7 nitrogen and oxygen atoms in total. The first-order valence-corrected chi connectivity index (χ1v) is 11.4. The van der Waals surface area contributed by atoms with Crippen molar-refractivity contribution in [1.29, 1.82) is 0 Å². The van der Waals surface area contributed by atoms with Gasteiger partial charge < -0.3 is 10.1 Å². The molecule has 0 radical (unpaired) electrons. The lowest BCUT2D eigenvalue weighted by molar-refractivity contribution is 0.0947. The molecule has 0 spiro atoms. The summed E-state index contributed by atoms with van der Waals surface area (Å²) in [6, 6.07) is 22.6. The SMILES string of the molecule is O=C(NCCOc1cccc2ccccc12)c1ccc(S(=O)(=O)Nc2ccncc2)cc1. The number of hydrogen-bond donors (Lipinski definition) is 2. The summed E-state index contributed by atoms with van der Waals surface area (Å²) in [5.41, 5.74) is 0.769. The number of nitrogens with one attached hydrogen (secondary N) is 2. The molecule has 0 aliphatic heterocycles. The highest BCUT2D eigenvalue weighted by atomic mass is 32.2. The van der Waals surface area contributed by atoms with Gasteiger partial charge in [0.15, 0.2) is 0 Å². The second-order valence-corrected chi connectivity index (χ2v) is 8.63. The molecule has 3 aromatic carbocycles. The van der Waals surface area contributed by atoms with Gasteiger partial charge in [0.1, 0.15) is 12.4 Å². The molecule has 32 heavy (non-hydrogen) atoms. The number of hydrogen-bond acceptors (Lipinski definition) is 5. The van der Waals surface area contributed by atoms with Crippen molar-refractivity contribution in [2.45, 2.75) is 4.90 Å². The largest absolute Gasteiger partial charge is 0.491 e. The van der Waals surface area contributed by atoms with Gasteiger partial charge >= 0.3 is 0 Å². The first-order valence-electron chi connectivity index (χ1n) is 9.95. The maximum absolute atomic E-state index is 12.5. The molecule has 0 saturated heterocycles. The topological polar surface area (TPSA) is 97.4 Å². The van der Waals surface area contributed by atoms with Gasteiger partial charge in [0, 0.05) is 23.3 Å². The smallest absolute Gasteiger partial charge is 0.261 e. The second-order valence-electron chi connectivity index (χ2n) is 6.95. The number of pyridine rings is 1. The quantitative estimate of drug-likeness (QED) is 0.400. The average Bonchev–Trinajstić information content (AvgIpc) is 2.82. The molecule has 0 bridgehead atoms. The molecule has 1 heterocycles. The summed E-state index contributed by atoms with van der Waals surface area (Å²) in [6.45, 7) is 0.619. The molecule has 0 atom stereocenters. The highest BCUT2D eigenvalue weighted by Crippen LogP contribution is 2.24. The summed E-state index contributed by atoms with van der Waals surface area (Å²) >= 11 is 0. The number of carbonyl (C=O) groups is 1. The molecular formula is C24H21N3O4S. The Labute approximate surface area is 186 Å². The first-order chi connectivity index (χ1) is 15.5. The first kappa shape index (κ1) is 21.3. The van der Waals surface area contributed by atoms with Gasteiger partial charge in [-0.15, -0.1) is 0 Å². The zero-order valence-corrected chi connectivity index (χ0v) is 17.9. The van der Waals surface area contributed by atoms with Crippen LogP contribution in [0.15, 0.2) is 96.2 Å². The lowest BCUT2D eigenvalue weighted by Gasteiger charge is -2.11. The number of rotatable bonds is 8. The van der Waals surface area contributed by atoms with Crippen LogP contribution in [0.25, 0.3) is 10.8 Å². The van der Waals surface area contributed by atoms with E-state index < -0.39 is 10.0 Å². The fourth-order valence-corrected chi connectivity index (χ4v) is 4.23. The highest BCUT2D eigenvalue weighted by molar-refractivity contribution is 7.92. The van der Waals surface area contributed by atoms with Crippen LogP contribution in [0.5, 0.6) is 5.75 Å². The highest BCUT2D eigenvalue weighted by Gasteiger charge is 2.15. The van der Waals surface area contributed by atoms with E-state index in [1.807, 2.05) is 42.5 Å². The Morgan fingerprint density at radius 3 is 2.38 bits per heavy atom. The fourth-order valence-electron chi connectivity index (χ4n) is 3.17. The third-order valence-electron chi connectivity index (χ3n) is 4.75. The minimum absolute atomic E-state index is 0.0603. The number of sulfonamides is 1. The molecule has 1 aromatic heterocycles. The molecular weight excluding hydrogens is 426 g/mol. The van der Waals surface area contributed by atoms with Crippen molar-refractivity contribution in [3.8, 4) is 5.75 Å². The van der Waals surface area contributed by atoms with Gasteiger partial charge in [0.2, 0.25) is 0 Å². The Hall–Kier alpha value is -3.91. The van der Waals surface area contributed by atoms with Gasteiger partial charge in [-0.1, -0.05) is 36.4 Å². The summed E-state index contributed by atoms with van der Waals surface area (Å²) in [7, 11) is -3.75. The van der Waals surface area contributed by atoms with Crippen LogP contribution in [0.3, 0.4) is 0 Å². The molecule has 0 aliphatic rings. The Kier molecular flexibility index (Phi) is 6.32. The predicted molar refractivity (Wildman–Crippen MR) is 123 cm³/mol. The van der Waals surface area contributed by atoms with E-state index in [9.17, 15) is 13.2 Å². The fraction of sp³-hybridized carbons (Fsp3) is 0.0833. The van der Waals surface area contributed by atoms with E-state index in [0.29, 0.717) is 24.4 Å². The zero-order chi connectivity index (χ0) is 22.4. The van der Waals surface area contributed by atoms with Crippen LogP contribution in [0.4, 0.5) is 5.69 Å². The van der Waals surface area contributed by atoms with E-state index in [-0.39, 0.29) is 10.8 Å². The summed E-state index contributed by atoms with van der Waals surface area (Å²) in [4.78, 5) is 16.3. The molecule has 4 rings (SSSR count). The van der Waals surface area contributed by atoms with Crippen molar-refractivity contribution in [3.63, 3.8) is 0 Å². The molecule has 0 aliphatic carbocycles. The maximum atomic E-state index is 12.5. The summed E-state index contributed by atoms with van der Waals surface area (Å²) in [5, 5.41) is 4.88. The average molecular weight is 448 g/mol. The monoisotopic (exact) mass is 447 g/mol. The van der Waals surface area contributed by atoms with Crippen LogP contribution in [0, 0.1) is 0 Å². The Balaban J connectivity index is 1.32. The van der Waals surface area contributed by atoms with E-state index in [1.54, 1.807) is 12.1 Å². The van der Waals surface area contributed by atoms with Crippen LogP contribution in [-0.2, 0) is 10.0 Å². The number of benzene rings is 3. The third kappa shape index (κ3) is 5.04. The number of amides is 1. The van der Waals surface area contributed by atoms with Crippen molar-refractivity contribution in [2.24, 2.45) is 0 Å². The van der Waals surface area contributed by atoms with Gasteiger partial charge in [-0.05, 0) is 47.9 Å². The second kappa shape index (κ2) is 9.49. The molecule has 1 amide bonds. The van der Waals surface area contributed by atoms with E-state index in [0.717, 1.165) is 16.5 Å². The van der Waals surface area contributed by atoms with Crippen molar-refractivity contribution in [2.75, 3.05) is 17.9 Å². The van der Waals surface area contributed by atoms with Crippen molar-refractivity contribution in [1.82, 2.24) is 10.3 Å². The Morgan fingerprint density at radius 2 is 1.59 bits per heavy atom. The summed E-state index contributed by atoms with van der Waals surface area (Å²) < 4.78 is 33.2. The standard InChI is InChI=1S/C24H21N3O4S/c28-24(26-16-17-31-23-7-3-5-18-4-1-2-6-22(18)23)19-8-10-21(11-9-19)32(29,30)27-20-12-14-25-15-13-20/h1-15H,16-17H2,(H,25,27)(H,26,28). The Bertz CT molecular complexity index is 1320. The third-order valence-corrected chi connectivity index (χ3v) is 6.15. The van der Waals surface area contributed by atoms with Crippen LogP contribution < -0.4 is 14.8 Å². The van der Waals surface area contributed by atoms with Gasteiger partial charge in [-0.25, -0.2) is 8.42 Å². The summed E-state index contributed by atoms with van der Waals surface area (Å²) in [6.07, 6.45) is 2.99. The molecule has 2 N–H and O–H groups in total. The lowest BCUT2D eigenvalue weighted by Crippen LogP contribution is -2.28. The van der Waals surface area contributed by atoms with Gasteiger partial charge in [0.25, 0.3) is 15.9 Å². The minimum Gasteiger partial charge on any atom is -0.491 e. The van der Waals surface area contributed by atoms with Crippen LogP contribution >= 0.6 is 0 Å². The van der Waals surface area contributed by atoms with E-state index in [4.69, 9.17) is 4.74 Å². The number of carbonyl (C=O) groups excluding carboxylic acids is 1. The van der Waals surface area contributed by atoms with Crippen molar-refractivity contribution in [3.05, 3.63) is 96.8 Å². The maximum Gasteiger partial charge on any atom is 0.261 e. The Morgan fingerprint density at radius 1 is 0.875 bits per heavy atom. The number of ether oxygens (including phenoxy) is 1. The molecule has 162 valence electrons. The van der Waals surface area contributed by atoms with Crippen molar-refractivity contribution >= 4 is 32.4 Å². The predicted octanol–water partition coefficient (Wildman–Crippen LogP) is 3.84. The zero-order valence-electron chi connectivity index (χ0n) is 17.1. The van der Waals surface area contributed by atoms with Crippen LogP contribution in [0.1, 0.15) is 10.4 Å². The van der Waals surface area contributed by atoms with Crippen LogP contribution in [0.2, 0.25) is 0 Å². The van der Waals surface area contributed by atoms with Gasteiger partial charge in [0.05, 0.1) is 17.1 Å². The van der Waals surface area contributed by atoms with E-state index >= 15 is 0 Å². The number of aromatic nitrogens is 1. The van der Waals surface area contributed by atoms with Crippen LogP contribution in [-0.4, -0.2) is 32.5 Å². The number of fused-ring (bicyclic) bond motifs is 1. The molecule has 0 fully saturated rings. The molecule has 0 saturated carbocycles. The summed E-state index contributed by atoms with van der Waals surface area (Å²) in [5.74, 6) is 0.450. The van der Waals surface area contributed by atoms with Crippen molar-refractivity contribution < 1.29 is 17.9 Å². The molecule has 0 unspecified atom stereocenters. The lowest BCUT2D eigenvalue weighted by atomic mass is 10.1. The van der Waals surface area contributed by atoms with Gasteiger partial charge in [-0.3, -0.25) is 14.5 Å². The number of nitrogens with zero attached hydrogens (tertiary/aromatic N) is 1. The number of anilines is 1. The van der Waals surface area contributed by atoms with E-state index in [1.165, 1.54) is 36.7 Å². The van der Waals surface area contributed by atoms with E-state index in [2.05, 4.69) is 15.0 Å².